The predicted molar refractivity (Wildman–Crippen MR) is 56.9 cm³/mol. The van der Waals surface area contributed by atoms with E-state index in [0.29, 0.717) is 18.2 Å². The smallest absolute Gasteiger partial charge is 0.292 e. The van der Waals surface area contributed by atoms with Gasteiger partial charge in [-0.15, -0.1) is 0 Å². The molecule has 0 bridgehead atoms. The van der Waals surface area contributed by atoms with Gasteiger partial charge in [-0.05, 0) is 25.7 Å². The Morgan fingerprint density at radius 1 is 1.69 bits per heavy atom. The van der Waals surface area contributed by atoms with Crippen molar-refractivity contribution in [1.82, 2.24) is 10.1 Å². The van der Waals surface area contributed by atoms with Crippen molar-refractivity contribution in [2.45, 2.75) is 25.9 Å². The summed E-state index contributed by atoms with van der Waals surface area (Å²) in [5.74, 6) is 0.537. The molecule has 1 aromatic heterocycles. The molecule has 1 amide bonds. The first-order chi connectivity index (χ1) is 7.56. The zero-order valence-corrected chi connectivity index (χ0v) is 9.51. The van der Waals surface area contributed by atoms with Crippen LogP contribution in [-0.4, -0.2) is 40.8 Å². The summed E-state index contributed by atoms with van der Waals surface area (Å²) in [5.41, 5.74) is 0.704. The first kappa shape index (κ1) is 11.1. The molecule has 0 radical (unpaired) electrons. The average Bonchev–Trinajstić information content (AvgIpc) is 2.61. The second-order valence-electron chi connectivity index (χ2n) is 4.51. The van der Waals surface area contributed by atoms with E-state index in [1.54, 1.807) is 24.9 Å². The second kappa shape index (κ2) is 4.25. The molecular formula is C11H16N2O3. The molecule has 5 nitrogen and oxygen atoms in total. The minimum absolute atomic E-state index is 0.151. The lowest BCUT2D eigenvalue weighted by molar-refractivity contribution is 0.0256. The molecular weight excluding hydrogens is 208 g/mol. The summed E-state index contributed by atoms with van der Waals surface area (Å²) in [6.07, 6.45) is 1.39. The Morgan fingerprint density at radius 3 is 2.88 bits per heavy atom. The lowest BCUT2D eigenvalue weighted by atomic mass is 9.82. The van der Waals surface area contributed by atoms with Gasteiger partial charge in [-0.1, -0.05) is 5.16 Å². The van der Waals surface area contributed by atoms with Crippen LogP contribution in [0.3, 0.4) is 0 Å². The van der Waals surface area contributed by atoms with Crippen LogP contribution in [0.15, 0.2) is 10.6 Å². The van der Waals surface area contributed by atoms with E-state index in [1.165, 1.54) is 0 Å². The number of carbonyl (C=O) groups excluding carboxylic acids is 1. The van der Waals surface area contributed by atoms with Gasteiger partial charge < -0.3 is 14.5 Å². The molecule has 5 heteroatoms. The minimum Gasteiger partial charge on any atom is -0.393 e. The summed E-state index contributed by atoms with van der Waals surface area (Å²) < 4.78 is 4.91. The normalized spacial score (nSPS) is 23.9. The third-order valence-corrected chi connectivity index (χ3v) is 2.93. The summed E-state index contributed by atoms with van der Waals surface area (Å²) >= 11 is 0. The van der Waals surface area contributed by atoms with Gasteiger partial charge in [0.1, 0.15) is 0 Å². The van der Waals surface area contributed by atoms with E-state index in [-0.39, 0.29) is 17.8 Å². The fraction of sp³-hybridized carbons (Fsp3) is 0.636. The molecule has 1 aromatic rings. The number of amides is 1. The molecule has 1 aliphatic carbocycles. The van der Waals surface area contributed by atoms with Crippen LogP contribution >= 0.6 is 0 Å². The van der Waals surface area contributed by atoms with Crippen LogP contribution in [0.2, 0.25) is 0 Å². The van der Waals surface area contributed by atoms with Gasteiger partial charge >= 0.3 is 0 Å². The van der Waals surface area contributed by atoms with Crippen LogP contribution in [0.1, 0.15) is 29.1 Å². The molecule has 0 unspecified atom stereocenters. The molecule has 88 valence electrons. The van der Waals surface area contributed by atoms with Crippen molar-refractivity contribution >= 4 is 5.91 Å². The third kappa shape index (κ3) is 2.24. The lowest BCUT2D eigenvalue weighted by Gasteiger charge is -2.34. The molecule has 1 fully saturated rings. The Balaban J connectivity index is 1.89. The molecule has 0 saturated heterocycles. The number of aliphatic hydroxyl groups is 1. The van der Waals surface area contributed by atoms with E-state index >= 15 is 0 Å². The van der Waals surface area contributed by atoms with Crippen LogP contribution in [-0.2, 0) is 0 Å². The Kier molecular flexibility index (Phi) is 2.96. The molecule has 0 atom stereocenters. The van der Waals surface area contributed by atoms with Gasteiger partial charge in [0.25, 0.3) is 5.91 Å². The molecule has 0 spiro atoms. The van der Waals surface area contributed by atoms with Crippen molar-refractivity contribution < 1.29 is 14.4 Å². The molecule has 0 aliphatic heterocycles. The highest BCUT2D eigenvalue weighted by Crippen LogP contribution is 2.27. The zero-order chi connectivity index (χ0) is 11.7. The van der Waals surface area contributed by atoms with Crippen LogP contribution in [0.5, 0.6) is 0 Å². The minimum atomic E-state index is -0.180. The monoisotopic (exact) mass is 224 g/mol. The van der Waals surface area contributed by atoms with Crippen LogP contribution in [0.25, 0.3) is 0 Å². The van der Waals surface area contributed by atoms with Crippen molar-refractivity contribution in [3.05, 3.63) is 17.5 Å². The molecule has 16 heavy (non-hydrogen) atoms. The Hall–Kier alpha value is -1.36. The number of aliphatic hydroxyl groups excluding tert-OH is 1. The SMILES string of the molecule is Cc1cc(C(=O)N(C)CC2CC(O)C2)on1. The molecule has 1 saturated carbocycles. The molecule has 1 aliphatic rings. The summed E-state index contributed by atoms with van der Waals surface area (Å²) in [7, 11) is 1.74. The maximum atomic E-state index is 11.8. The van der Waals surface area contributed by atoms with E-state index in [2.05, 4.69) is 5.16 Å². The average molecular weight is 224 g/mol. The predicted octanol–water partition coefficient (Wildman–Crippen LogP) is 0.826. The van der Waals surface area contributed by atoms with Crippen molar-refractivity contribution in [1.29, 1.82) is 0 Å². The van der Waals surface area contributed by atoms with Gasteiger partial charge in [0.05, 0.1) is 11.8 Å². The highest BCUT2D eigenvalue weighted by Gasteiger charge is 2.29. The van der Waals surface area contributed by atoms with Crippen molar-refractivity contribution in [3.8, 4) is 0 Å². The van der Waals surface area contributed by atoms with Crippen LogP contribution in [0.4, 0.5) is 0 Å². The molecule has 1 N–H and O–H groups in total. The maximum Gasteiger partial charge on any atom is 0.292 e. The second-order valence-corrected chi connectivity index (χ2v) is 4.51. The van der Waals surface area contributed by atoms with E-state index in [0.717, 1.165) is 12.8 Å². The molecule has 0 aromatic carbocycles. The number of hydrogen-bond donors (Lipinski definition) is 1. The van der Waals surface area contributed by atoms with Gasteiger partial charge in [0.2, 0.25) is 5.76 Å². The number of hydrogen-bond acceptors (Lipinski definition) is 4. The van der Waals surface area contributed by atoms with Crippen molar-refractivity contribution in [3.63, 3.8) is 0 Å². The lowest BCUT2D eigenvalue weighted by Crippen LogP contribution is -2.39. The van der Waals surface area contributed by atoms with Crippen molar-refractivity contribution in [2.75, 3.05) is 13.6 Å². The third-order valence-electron chi connectivity index (χ3n) is 2.93. The first-order valence-corrected chi connectivity index (χ1v) is 5.43. The molecule has 1 heterocycles. The highest BCUT2D eigenvalue weighted by atomic mass is 16.5. The molecule has 2 rings (SSSR count). The zero-order valence-electron chi connectivity index (χ0n) is 9.51. The number of carbonyl (C=O) groups is 1. The number of rotatable bonds is 3. The summed E-state index contributed by atoms with van der Waals surface area (Å²) in [4.78, 5) is 13.5. The largest absolute Gasteiger partial charge is 0.393 e. The summed E-state index contributed by atoms with van der Waals surface area (Å²) in [5, 5.41) is 12.8. The maximum absolute atomic E-state index is 11.8. The number of nitrogens with zero attached hydrogens (tertiary/aromatic N) is 2. The standard InChI is InChI=1S/C11H16N2O3/c1-7-3-10(16-12-7)11(15)13(2)6-8-4-9(14)5-8/h3,8-9,14H,4-6H2,1-2H3. The first-order valence-electron chi connectivity index (χ1n) is 5.43. The van der Waals surface area contributed by atoms with E-state index in [4.69, 9.17) is 9.63 Å². The van der Waals surface area contributed by atoms with E-state index in [1.807, 2.05) is 0 Å². The topological polar surface area (TPSA) is 66.6 Å². The Morgan fingerprint density at radius 2 is 2.38 bits per heavy atom. The quantitative estimate of drug-likeness (QED) is 0.825. The summed E-state index contributed by atoms with van der Waals surface area (Å²) in [6.45, 7) is 2.44. The summed E-state index contributed by atoms with van der Waals surface area (Å²) in [6, 6.07) is 1.63. The van der Waals surface area contributed by atoms with Gasteiger partial charge in [0.15, 0.2) is 0 Å². The van der Waals surface area contributed by atoms with Crippen LogP contribution < -0.4 is 0 Å². The van der Waals surface area contributed by atoms with Gasteiger partial charge in [0, 0.05) is 19.7 Å². The highest BCUT2D eigenvalue weighted by molar-refractivity contribution is 5.91. The van der Waals surface area contributed by atoms with Gasteiger partial charge in [-0.3, -0.25) is 4.79 Å². The fourth-order valence-corrected chi connectivity index (χ4v) is 1.97. The van der Waals surface area contributed by atoms with Crippen molar-refractivity contribution in [2.24, 2.45) is 5.92 Å². The Labute approximate surface area is 94.0 Å². The van der Waals surface area contributed by atoms with Gasteiger partial charge in [-0.2, -0.15) is 0 Å². The fourth-order valence-electron chi connectivity index (χ4n) is 1.97. The van der Waals surface area contributed by atoms with E-state index < -0.39 is 0 Å². The Bertz CT molecular complexity index is 382. The van der Waals surface area contributed by atoms with Gasteiger partial charge in [-0.25, -0.2) is 0 Å². The number of aromatic nitrogens is 1. The number of aryl methyl sites for hydroxylation is 1. The van der Waals surface area contributed by atoms with Crippen LogP contribution in [0, 0.1) is 12.8 Å². The van der Waals surface area contributed by atoms with E-state index in [9.17, 15) is 4.79 Å².